The number of rotatable bonds is 0. The van der Waals surface area contributed by atoms with Gasteiger partial charge in [0.25, 0.3) is 0 Å². The molecule has 0 aromatic rings. The molecule has 0 bridgehead atoms. The molecule has 1 fully saturated rings. The fraction of sp³-hybridized carbons (Fsp3) is 0.500. The third kappa shape index (κ3) is 2.94. The third-order valence-corrected chi connectivity index (χ3v) is 3.15. The lowest BCUT2D eigenvalue weighted by Crippen LogP contribution is -2.46. The minimum Gasteiger partial charge on any atom is -0.550 e. The fourth-order valence-electron chi connectivity index (χ4n) is 2.12. The van der Waals surface area contributed by atoms with E-state index in [9.17, 15) is 4.79 Å². The minimum absolute atomic E-state index is 0.228. The smallest absolute Gasteiger partial charge is 0.315 e. The summed E-state index contributed by atoms with van der Waals surface area (Å²) in [5, 5.41) is 12.2. The molecular formula is C12H18N2O3. The van der Waals surface area contributed by atoms with E-state index < -0.39 is 5.97 Å². The molecule has 0 aromatic heterocycles. The standard InChI is InChI=1S/C10H15N2O.C2H4O2/c1-8(13)12(2)7-5-9-10(12)4-3-6-11-9;1-2(3)4/h3-4,6,9,11H,5,7H2,1-2H3;1H3,(H,3,4)/q+1;/p-1. The van der Waals surface area contributed by atoms with E-state index in [1.54, 1.807) is 6.92 Å². The topological polar surface area (TPSA) is 69.2 Å². The molecule has 5 heteroatoms. The number of carbonyl (C=O) groups is 2. The second-order valence-corrected chi connectivity index (χ2v) is 4.38. The molecule has 2 heterocycles. The number of hydrogen-bond donors (Lipinski definition) is 1. The first-order chi connectivity index (χ1) is 7.88. The molecule has 94 valence electrons. The highest BCUT2D eigenvalue weighted by Crippen LogP contribution is 2.30. The molecular weight excluding hydrogens is 220 g/mol. The molecule has 0 radical (unpaired) electrons. The van der Waals surface area contributed by atoms with Gasteiger partial charge in [0.15, 0.2) is 0 Å². The van der Waals surface area contributed by atoms with Crippen LogP contribution < -0.4 is 10.4 Å². The number of fused-ring (bicyclic) bond motifs is 1. The van der Waals surface area contributed by atoms with E-state index in [1.807, 2.05) is 19.3 Å². The maximum atomic E-state index is 11.5. The number of allylic oxidation sites excluding steroid dienone is 2. The van der Waals surface area contributed by atoms with E-state index in [0.29, 0.717) is 10.5 Å². The van der Waals surface area contributed by atoms with Gasteiger partial charge in [-0.3, -0.25) is 0 Å². The molecule has 1 saturated heterocycles. The zero-order valence-corrected chi connectivity index (χ0v) is 10.4. The van der Waals surface area contributed by atoms with Crippen molar-refractivity contribution >= 4 is 11.9 Å². The second kappa shape index (κ2) is 5.14. The van der Waals surface area contributed by atoms with Crippen LogP contribution in [0.5, 0.6) is 0 Å². The van der Waals surface area contributed by atoms with Crippen molar-refractivity contribution in [1.82, 2.24) is 5.32 Å². The largest absolute Gasteiger partial charge is 0.550 e. The van der Waals surface area contributed by atoms with Crippen LogP contribution in [0.25, 0.3) is 0 Å². The Labute approximate surface area is 101 Å². The van der Waals surface area contributed by atoms with E-state index >= 15 is 0 Å². The van der Waals surface area contributed by atoms with Crippen LogP contribution >= 0.6 is 0 Å². The lowest BCUT2D eigenvalue weighted by Gasteiger charge is -2.28. The van der Waals surface area contributed by atoms with Gasteiger partial charge in [0.2, 0.25) is 0 Å². The van der Waals surface area contributed by atoms with Crippen LogP contribution in [0.4, 0.5) is 0 Å². The summed E-state index contributed by atoms with van der Waals surface area (Å²) in [6, 6.07) is 0.374. The Kier molecular flexibility index (Phi) is 4.07. The second-order valence-electron chi connectivity index (χ2n) is 4.38. The Hall–Kier alpha value is -1.62. The van der Waals surface area contributed by atoms with Crippen molar-refractivity contribution in [2.24, 2.45) is 0 Å². The van der Waals surface area contributed by atoms with Gasteiger partial charge in [-0.05, 0) is 25.3 Å². The average molecular weight is 238 g/mol. The predicted octanol–water partition coefficient (Wildman–Crippen LogP) is -0.491. The number of likely N-dealkylation sites (N-methyl/N-ethyl adjacent to an activating group) is 1. The van der Waals surface area contributed by atoms with Gasteiger partial charge in [-0.15, -0.1) is 0 Å². The summed E-state index contributed by atoms with van der Waals surface area (Å²) < 4.78 is 0.474. The molecule has 2 aliphatic rings. The number of aliphatic carboxylic acids is 1. The number of nitrogens with one attached hydrogen (secondary N) is 1. The van der Waals surface area contributed by atoms with E-state index in [-0.39, 0.29) is 5.91 Å². The molecule has 2 rings (SSSR count). The molecule has 1 N–H and O–H groups in total. The Balaban J connectivity index is 0.000000317. The summed E-state index contributed by atoms with van der Waals surface area (Å²) in [6.07, 6.45) is 7.03. The van der Waals surface area contributed by atoms with Crippen LogP contribution in [0.1, 0.15) is 20.3 Å². The third-order valence-electron chi connectivity index (χ3n) is 3.15. The lowest BCUT2D eigenvalue weighted by molar-refractivity contribution is -0.785. The van der Waals surface area contributed by atoms with Crippen molar-refractivity contribution in [3.63, 3.8) is 0 Å². The number of nitrogens with zero attached hydrogens (tertiary/aromatic N) is 1. The van der Waals surface area contributed by atoms with Gasteiger partial charge in [0.1, 0.15) is 11.7 Å². The van der Waals surface area contributed by atoms with Crippen molar-refractivity contribution in [3.8, 4) is 0 Å². The predicted molar refractivity (Wildman–Crippen MR) is 61.2 cm³/mol. The van der Waals surface area contributed by atoms with Crippen LogP contribution in [0.15, 0.2) is 24.0 Å². The monoisotopic (exact) mass is 238 g/mol. The van der Waals surface area contributed by atoms with Gasteiger partial charge >= 0.3 is 5.91 Å². The normalized spacial score (nSPS) is 29.4. The summed E-state index contributed by atoms with van der Waals surface area (Å²) in [5.41, 5.74) is 1.20. The molecule has 1 amide bonds. The average Bonchev–Trinajstić information content (AvgIpc) is 2.58. The van der Waals surface area contributed by atoms with Gasteiger partial charge < -0.3 is 15.2 Å². The van der Waals surface area contributed by atoms with Gasteiger partial charge in [-0.2, -0.15) is 0 Å². The highest BCUT2D eigenvalue weighted by molar-refractivity contribution is 5.67. The van der Waals surface area contributed by atoms with E-state index in [1.165, 1.54) is 5.70 Å². The fourth-order valence-corrected chi connectivity index (χ4v) is 2.12. The van der Waals surface area contributed by atoms with E-state index in [0.717, 1.165) is 19.9 Å². The summed E-state index contributed by atoms with van der Waals surface area (Å²) in [6.45, 7) is 3.56. The molecule has 0 saturated carbocycles. The maximum absolute atomic E-state index is 11.5. The van der Waals surface area contributed by atoms with Crippen molar-refractivity contribution in [2.75, 3.05) is 13.6 Å². The highest BCUT2D eigenvalue weighted by atomic mass is 16.4. The Morgan fingerprint density at radius 2 is 2.06 bits per heavy atom. The zero-order valence-electron chi connectivity index (χ0n) is 10.4. The number of carboxylic acid groups (broad SMARTS) is 1. The van der Waals surface area contributed by atoms with Crippen LogP contribution in [-0.2, 0) is 9.59 Å². The lowest BCUT2D eigenvalue weighted by atomic mass is 10.1. The van der Waals surface area contributed by atoms with E-state index in [4.69, 9.17) is 9.90 Å². The number of hydrogen-bond acceptors (Lipinski definition) is 4. The van der Waals surface area contributed by atoms with E-state index in [2.05, 4.69) is 11.4 Å². The van der Waals surface area contributed by atoms with Crippen molar-refractivity contribution in [2.45, 2.75) is 26.3 Å². The molecule has 2 aliphatic heterocycles. The number of dihydropyridines is 1. The molecule has 0 aliphatic carbocycles. The minimum atomic E-state index is -1.08. The Bertz CT molecular complexity index is 383. The highest BCUT2D eigenvalue weighted by Gasteiger charge is 2.44. The molecule has 2 unspecified atom stereocenters. The van der Waals surface area contributed by atoms with Crippen LogP contribution in [0, 0.1) is 0 Å². The van der Waals surface area contributed by atoms with Gasteiger partial charge in [-0.25, -0.2) is 9.28 Å². The molecule has 17 heavy (non-hydrogen) atoms. The van der Waals surface area contributed by atoms with Crippen LogP contribution in [-0.4, -0.2) is 36.0 Å². The van der Waals surface area contributed by atoms with Crippen LogP contribution in [0.3, 0.4) is 0 Å². The first-order valence-electron chi connectivity index (χ1n) is 5.55. The quantitative estimate of drug-likeness (QED) is 0.578. The SMILES string of the molecule is CC(=O)[N+]1(C)CCC2NC=CC=C21.CC(=O)[O-]. The zero-order chi connectivity index (χ0) is 13.1. The van der Waals surface area contributed by atoms with Crippen molar-refractivity contribution in [1.29, 1.82) is 0 Å². The Morgan fingerprint density at radius 3 is 2.59 bits per heavy atom. The summed E-state index contributed by atoms with van der Waals surface area (Å²) in [7, 11) is 2.00. The van der Waals surface area contributed by atoms with Crippen LogP contribution in [0.2, 0.25) is 0 Å². The Morgan fingerprint density at radius 1 is 1.47 bits per heavy atom. The first-order valence-corrected chi connectivity index (χ1v) is 5.55. The number of carbonyl (C=O) groups excluding carboxylic acids is 2. The molecule has 0 aromatic carbocycles. The van der Waals surface area contributed by atoms with Crippen molar-refractivity contribution in [3.05, 3.63) is 24.0 Å². The van der Waals surface area contributed by atoms with Crippen molar-refractivity contribution < 1.29 is 19.2 Å². The number of quaternary nitrogens is 1. The maximum Gasteiger partial charge on any atom is 0.315 e. The first kappa shape index (κ1) is 13.4. The summed E-state index contributed by atoms with van der Waals surface area (Å²) >= 11 is 0. The summed E-state index contributed by atoms with van der Waals surface area (Å²) in [5.74, 6) is -0.856. The van der Waals surface area contributed by atoms with Gasteiger partial charge in [0, 0.05) is 12.4 Å². The number of amides is 1. The molecule has 5 nitrogen and oxygen atoms in total. The number of carboxylic acids is 1. The van der Waals surface area contributed by atoms with Gasteiger partial charge in [-0.1, -0.05) is 0 Å². The molecule has 2 atom stereocenters. The molecule has 0 spiro atoms. The summed E-state index contributed by atoms with van der Waals surface area (Å²) in [4.78, 5) is 20.4. The van der Waals surface area contributed by atoms with Gasteiger partial charge in [0.05, 0.1) is 20.5 Å². The number of likely N-dealkylation sites (tertiary alicyclic amines) is 1.